The van der Waals surface area contributed by atoms with Crippen LogP contribution in [0.15, 0.2) is 59.4 Å². The summed E-state index contributed by atoms with van der Waals surface area (Å²) in [5.41, 5.74) is 10.4. The summed E-state index contributed by atoms with van der Waals surface area (Å²) in [5, 5.41) is 13.2. The molecule has 0 radical (unpaired) electrons. The molecule has 4 aliphatic carbocycles. The number of fused-ring (bicyclic) bond motifs is 1. The Kier molecular flexibility index (Phi) is 5.33. The Morgan fingerprint density at radius 3 is 2.71 bits per heavy atom. The van der Waals surface area contributed by atoms with Gasteiger partial charge >= 0.3 is 0 Å². The average Bonchev–Trinajstić information content (AvgIpc) is 3.75. The number of aromatic hydroxyl groups is 1. The number of carbonyl (C=O) groups is 2. The maximum absolute atomic E-state index is 13.3. The number of primary amides is 1. The lowest BCUT2D eigenvalue weighted by Crippen LogP contribution is -2.58. The van der Waals surface area contributed by atoms with Crippen LogP contribution in [0, 0.1) is 17.8 Å². The van der Waals surface area contributed by atoms with E-state index in [4.69, 9.17) is 5.73 Å². The number of H-pyrrole nitrogens is 1. The summed E-state index contributed by atoms with van der Waals surface area (Å²) in [4.78, 5) is 44.6. The fourth-order valence-corrected chi connectivity index (χ4v) is 8.81. The normalized spacial score (nSPS) is 29.5. The molecule has 8 nitrogen and oxygen atoms in total. The zero-order valence-corrected chi connectivity index (χ0v) is 22.8. The lowest BCUT2D eigenvalue weighted by molar-refractivity contribution is -0.119. The van der Waals surface area contributed by atoms with E-state index < -0.39 is 23.4 Å². The molecule has 2 aliphatic heterocycles. The van der Waals surface area contributed by atoms with Crippen molar-refractivity contribution < 1.29 is 14.7 Å². The molecule has 8 heteroatoms. The number of pyridine rings is 1. The lowest BCUT2D eigenvalue weighted by Gasteiger charge is -2.55. The van der Waals surface area contributed by atoms with Crippen LogP contribution in [-0.2, 0) is 29.5 Å². The number of phenols is 1. The maximum atomic E-state index is 13.3. The van der Waals surface area contributed by atoms with Crippen LogP contribution in [0.5, 0.6) is 5.75 Å². The Bertz CT molecular complexity index is 1650. The second-order valence-electron chi connectivity index (χ2n) is 13.0. The first-order chi connectivity index (χ1) is 19.8. The van der Waals surface area contributed by atoms with Crippen molar-refractivity contribution in [2.45, 2.75) is 62.1 Å². The van der Waals surface area contributed by atoms with Gasteiger partial charge in [-0.3, -0.25) is 19.3 Å². The average molecular weight is 551 g/mol. The highest BCUT2D eigenvalue weighted by molar-refractivity contribution is 5.97. The smallest absolute Gasteiger partial charge is 0.261 e. The number of hydrogen-bond acceptors (Lipinski definition) is 5. The van der Waals surface area contributed by atoms with Crippen LogP contribution in [0.2, 0.25) is 0 Å². The molecule has 6 aliphatic rings. The molecule has 1 saturated heterocycles. The molecule has 2 aromatic carbocycles. The predicted molar refractivity (Wildman–Crippen MR) is 152 cm³/mol. The number of carbonyl (C=O) groups excluding carboxylic acids is 2. The highest BCUT2D eigenvalue weighted by atomic mass is 16.3. The monoisotopic (exact) mass is 550 g/mol. The van der Waals surface area contributed by atoms with E-state index in [1.807, 2.05) is 42.5 Å². The number of hydrogen-bond donors (Lipinski definition) is 4. The summed E-state index contributed by atoms with van der Waals surface area (Å²) >= 11 is 0. The SMILES string of the molecule is NC(=O)[C@H](Cc1ccccc1)NC(=O)c1cc2c([nH]c1=O)C[C@]13CC4C(c5ccc(O)cc51)N(CC1CC1)[C@H]4C3C2. The van der Waals surface area contributed by atoms with E-state index in [1.165, 1.54) is 24.0 Å². The molecule has 6 atom stereocenters. The fraction of sp³-hybridized carbons (Fsp3) is 0.424. The first kappa shape index (κ1) is 24.9. The molecule has 1 aromatic heterocycles. The lowest BCUT2D eigenvalue weighted by atomic mass is 9.61. The highest BCUT2D eigenvalue weighted by Gasteiger charge is 2.69. The van der Waals surface area contributed by atoms with Gasteiger partial charge in [0.05, 0.1) is 0 Å². The molecule has 41 heavy (non-hydrogen) atoms. The van der Waals surface area contributed by atoms with Crippen LogP contribution in [0.4, 0.5) is 0 Å². The molecule has 2 amide bonds. The van der Waals surface area contributed by atoms with Crippen molar-refractivity contribution in [1.82, 2.24) is 15.2 Å². The van der Waals surface area contributed by atoms with Crippen LogP contribution in [0.3, 0.4) is 0 Å². The Morgan fingerprint density at radius 2 is 1.95 bits per heavy atom. The molecule has 3 heterocycles. The van der Waals surface area contributed by atoms with E-state index in [2.05, 4.69) is 21.3 Å². The number of nitrogens with two attached hydrogens (primary N) is 1. The number of nitrogens with zero attached hydrogens (tertiary/aromatic N) is 1. The third-order valence-corrected chi connectivity index (χ3v) is 10.7. The predicted octanol–water partition coefficient (Wildman–Crippen LogP) is 2.73. The van der Waals surface area contributed by atoms with Crippen molar-refractivity contribution in [3.8, 4) is 5.75 Å². The first-order valence-corrected chi connectivity index (χ1v) is 14.8. The van der Waals surface area contributed by atoms with E-state index in [0.717, 1.165) is 42.1 Å². The van der Waals surface area contributed by atoms with Crippen molar-refractivity contribution in [2.75, 3.05) is 6.54 Å². The Hall–Kier alpha value is -3.91. The van der Waals surface area contributed by atoms with Gasteiger partial charge in [0.2, 0.25) is 5.91 Å². The van der Waals surface area contributed by atoms with E-state index in [1.54, 1.807) is 6.07 Å². The minimum Gasteiger partial charge on any atom is -0.508 e. The summed E-state index contributed by atoms with van der Waals surface area (Å²) in [6.45, 7) is 1.13. The largest absolute Gasteiger partial charge is 0.508 e. The molecule has 3 aromatic rings. The van der Waals surface area contributed by atoms with Gasteiger partial charge in [-0.15, -0.1) is 0 Å². The second kappa shape index (κ2) is 8.79. The van der Waals surface area contributed by atoms with Gasteiger partial charge in [-0.05, 0) is 90.3 Å². The fourth-order valence-electron chi connectivity index (χ4n) is 8.81. The van der Waals surface area contributed by atoms with E-state index in [0.29, 0.717) is 36.1 Å². The van der Waals surface area contributed by atoms with Gasteiger partial charge in [-0.2, -0.15) is 0 Å². The van der Waals surface area contributed by atoms with Crippen LogP contribution in [-0.4, -0.2) is 45.4 Å². The second-order valence-corrected chi connectivity index (χ2v) is 13.0. The summed E-state index contributed by atoms with van der Waals surface area (Å²) in [5.74, 6) is 0.760. The Balaban J connectivity index is 1.13. The molecule has 5 N–H and O–H groups in total. The van der Waals surface area contributed by atoms with Crippen molar-refractivity contribution in [1.29, 1.82) is 0 Å². The third-order valence-electron chi connectivity index (χ3n) is 10.7. The molecule has 3 unspecified atom stereocenters. The van der Waals surface area contributed by atoms with Crippen molar-refractivity contribution >= 4 is 11.8 Å². The molecule has 210 valence electrons. The number of rotatable bonds is 7. The molecule has 4 bridgehead atoms. The number of amides is 2. The zero-order valence-electron chi connectivity index (χ0n) is 22.8. The Labute approximate surface area is 238 Å². The molecular weight excluding hydrogens is 516 g/mol. The molecule has 3 fully saturated rings. The van der Waals surface area contributed by atoms with Crippen molar-refractivity contribution in [2.24, 2.45) is 23.5 Å². The van der Waals surface area contributed by atoms with Gasteiger partial charge in [0.25, 0.3) is 11.5 Å². The van der Waals surface area contributed by atoms with Gasteiger partial charge in [-0.25, -0.2) is 0 Å². The summed E-state index contributed by atoms with van der Waals surface area (Å²) < 4.78 is 0. The van der Waals surface area contributed by atoms with Crippen molar-refractivity contribution in [3.63, 3.8) is 0 Å². The van der Waals surface area contributed by atoms with E-state index in [-0.39, 0.29) is 17.4 Å². The first-order valence-electron chi connectivity index (χ1n) is 14.8. The number of benzene rings is 2. The van der Waals surface area contributed by atoms with Gasteiger partial charge in [0.1, 0.15) is 17.4 Å². The van der Waals surface area contributed by atoms with Crippen molar-refractivity contribution in [3.05, 3.63) is 98.5 Å². The summed E-state index contributed by atoms with van der Waals surface area (Å²) in [7, 11) is 0. The number of phenolic OH excluding ortho intramolecular Hbond substituents is 1. The quantitative estimate of drug-likeness (QED) is 0.360. The minimum atomic E-state index is -0.926. The molecule has 2 saturated carbocycles. The standard InChI is InChI=1S/C33H34N4O4/c34-30(39)26(10-17-4-2-1-3-5-17)35-31(40)22-11-19-12-25-29-23-14-33(25,15-27(19)36-32(22)41)24-13-20(38)8-9-21(24)28(23)37(29)16-18-6-7-18/h1-5,8-9,11,13,18,23,25-26,28-29,38H,6-7,10,12,14-16H2,(H2,34,39)(H,35,40)(H,36,41)/t23?,25?,26-,28?,29+,33+/m0/s1. The Morgan fingerprint density at radius 1 is 1.15 bits per heavy atom. The number of nitrogens with one attached hydrogen (secondary N) is 2. The molecule has 0 spiro atoms. The van der Waals surface area contributed by atoms with Gasteiger partial charge in [-0.1, -0.05) is 36.4 Å². The molecule has 9 rings (SSSR count). The minimum absolute atomic E-state index is 0.0133. The van der Waals surface area contributed by atoms with Crippen LogP contribution >= 0.6 is 0 Å². The molecular formula is C33H34N4O4. The highest BCUT2D eigenvalue weighted by Crippen LogP contribution is 2.70. The van der Waals surface area contributed by atoms with Crippen LogP contribution < -0.4 is 16.6 Å². The van der Waals surface area contributed by atoms with Gasteiger partial charge < -0.3 is 21.1 Å². The van der Waals surface area contributed by atoms with Crippen LogP contribution in [0.1, 0.15) is 63.6 Å². The van der Waals surface area contributed by atoms with E-state index >= 15 is 0 Å². The van der Waals surface area contributed by atoms with Gasteiger partial charge in [0.15, 0.2) is 0 Å². The number of aromatic amines is 1. The number of aromatic nitrogens is 1. The van der Waals surface area contributed by atoms with Gasteiger partial charge in [0, 0.05) is 36.2 Å². The van der Waals surface area contributed by atoms with Crippen LogP contribution in [0.25, 0.3) is 0 Å². The summed E-state index contributed by atoms with van der Waals surface area (Å²) in [6.07, 6.45) is 5.38. The summed E-state index contributed by atoms with van der Waals surface area (Å²) in [6, 6.07) is 17.0. The van der Waals surface area contributed by atoms with E-state index in [9.17, 15) is 19.5 Å². The third kappa shape index (κ3) is 3.73. The maximum Gasteiger partial charge on any atom is 0.261 e. The topological polar surface area (TPSA) is 129 Å². The zero-order chi connectivity index (χ0) is 28.0.